The van der Waals surface area contributed by atoms with Crippen molar-refractivity contribution in [2.24, 2.45) is 0 Å². The highest BCUT2D eigenvalue weighted by molar-refractivity contribution is 7.11. The summed E-state index contributed by atoms with van der Waals surface area (Å²) in [5.74, 6) is 1.63. The van der Waals surface area contributed by atoms with E-state index in [1.54, 1.807) is 48.7 Å². The molecule has 210 valence electrons. The van der Waals surface area contributed by atoms with E-state index < -0.39 is 0 Å². The van der Waals surface area contributed by atoms with E-state index in [1.807, 2.05) is 49.9 Å². The molecule has 1 aromatic heterocycles. The van der Waals surface area contributed by atoms with Crippen LogP contribution >= 0.6 is 11.3 Å². The maximum absolute atomic E-state index is 13.8. The highest BCUT2D eigenvalue weighted by Gasteiger charge is 2.29. The molecule has 0 unspecified atom stereocenters. The molecule has 9 heteroatoms. The van der Waals surface area contributed by atoms with Crippen LogP contribution in [0.2, 0.25) is 0 Å². The third-order valence-corrected chi connectivity index (χ3v) is 7.43. The summed E-state index contributed by atoms with van der Waals surface area (Å²) in [7, 11) is 6.22. The second kappa shape index (κ2) is 13.9. The molecule has 0 saturated heterocycles. The molecule has 1 heterocycles. The first-order valence-corrected chi connectivity index (χ1v) is 13.6. The van der Waals surface area contributed by atoms with E-state index in [9.17, 15) is 9.59 Å². The average Bonchev–Trinajstić information content (AvgIpc) is 3.36. The summed E-state index contributed by atoms with van der Waals surface area (Å²) in [6.07, 6.45) is 0.617. The molecule has 3 rings (SSSR count). The van der Waals surface area contributed by atoms with Crippen LogP contribution < -0.4 is 18.9 Å². The summed E-state index contributed by atoms with van der Waals surface area (Å²) in [5.41, 5.74) is 1.32. The number of ether oxygens (including phenoxy) is 4. The second-order valence-electron chi connectivity index (χ2n) is 9.33. The molecular weight excluding hydrogens is 516 g/mol. The van der Waals surface area contributed by atoms with Crippen LogP contribution in [0, 0.1) is 6.92 Å². The number of carbonyl (C=O) groups is 2. The lowest BCUT2D eigenvalue weighted by Gasteiger charge is -2.31. The third-order valence-electron chi connectivity index (χ3n) is 6.45. The van der Waals surface area contributed by atoms with Gasteiger partial charge in [0.2, 0.25) is 5.91 Å². The number of carbonyl (C=O) groups excluding carboxylic acids is 2. The first kappa shape index (κ1) is 29.8. The number of rotatable bonds is 13. The maximum atomic E-state index is 13.8. The van der Waals surface area contributed by atoms with Crippen LogP contribution in [0.15, 0.2) is 48.5 Å². The fraction of sp³-hybridized carbons (Fsp3) is 0.400. The van der Waals surface area contributed by atoms with Gasteiger partial charge in [-0.15, -0.1) is 11.3 Å². The highest BCUT2D eigenvalue weighted by atomic mass is 32.1. The van der Waals surface area contributed by atoms with Gasteiger partial charge in [-0.3, -0.25) is 9.59 Å². The van der Waals surface area contributed by atoms with Gasteiger partial charge < -0.3 is 28.7 Å². The van der Waals surface area contributed by atoms with Gasteiger partial charge in [0.25, 0.3) is 5.91 Å². The largest absolute Gasteiger partial charge is 0.496 e. The minimum atomic E-state index is -0.320. The van der Waals surface area contributed by atoms with Gasteiger partial charge >= 0.3 is 0 Å². The van der Waals surface area contributed by atoms with Crippen LogP contribution in [-0.4, -0.2) is 69.2 Å². The predicted molar refractivity (Wildman–Crippen MR) is 153 cm³/mol. The second-order valence-corrected chi connectivity index (χ2v) is 10.7. The molecule has 0 N–H and O–H groups in total. The number of amides is 2. The van der Waals surface area contributed by atoms with Gasteiger partial charge in [0.05, 0.1) is 35.0 Å². The zero-order valence-electron chi connectivity index (χ0n) is 23.8. The van der Waals surface area contributed by atoms with Crippen molar-refractivity contribution in [2.45, 2.75) is 39.8 Å². The Morgan fingerprint density at radius 1 is 0.846 bits per heavy atom. The Bertz CT molecular complexity index is 1250. The van der Waals surface area contributed by atoms with E-state index in [-0.39, 0.29) is 24.4 Å². The van der Waals surface area contributed by atoms with Crippen LogP contribution in [0.25, 0.3) is 0 Å². The number of nitrogens with zero attached hydrogens (tertiary/aromatic N) is 2. The Balaban J connectivity index is 1.86. The van der Waals surface area contributed by atoms with Crippen molar-refractivity contribution in [3.63, 3.8) is 0 Å². The molecule has 2 amide bonds. The molecule has 39 heavy (non-hydrogen) atoms. The predicted octanol–water partition coefficient (Wildman–Crippen LogP) is 5.21. The summed E-state index contributed by atoms with van der Waals surface area (Å²) in [4.78, 5) is 33.2. The number of hydrogen-bond donors (Lipinski definition) is 0. The van der Waals surface area contributed by atoms with E-state index in [2.05, 4.69) is 6.07 Å². The highest BCUT2D eigenvalue weighted by Crippen LogP contribution is 2.31. The summed E-state index contributed by atoms with van der Waals surface area (Å²) in [5, 5.41) is 0. The standard InChI is InChI=1S/C30H38N2O6S/c1-20(2)32(30(34)29-25(36-5)9-8-10-26(29)37-6)19-28(33)31(18-23-13-11-21(3)39-23)16-15-22-12-14-24(35-4)27(17-22)38-7/h8-14,17,20H,15-16,18-19H2,1-7H3. The van der Waals surface area contributed by atoms with Crippen molar-refractivity contribution in [3.8, 4) is 23.0 Å². The zero-order chi connectivity index (χ0) is 28.5. The molecule has 0 saturated carbocycles. The number of aryl methyl sites for hydroxylation is 1. The van der Waals surface area contributed by atoms with E-state index in [0.717, 1.165) is 10.4 Å². The van der Waals surface area contributed by atoms with Gasteiger partial charge in [0, 0.05) is 22.3 Å². The molecule has 0 spiro atoms. The van der Waals surface area contributed by atoms with E-state index in [0.29, 0.717) is 48.1 Å². The van der Waals surface area contributed by atoms with Crippen molar-refractivity contribution in [1.29, 1.82) is 0 Å². The summed E-state index contributed by atoms with van der Waals surface area (Å²) < 4.78 is 21.7. The number of methoxy groups -OCH3 is 4. The van der Waals surface area contributed by atoms with Gasteiger partial charge in [0.15, 0.2) is 11.5 Å². The van der Waals surface area contributed by atoms with Crippen LogP contribution in [0.4, 0.5) is 0 Å². The number of benzene rings is 2. The van der Waals surface area contributed by atoms with Gasteiger partial charge in [-0.05, 0) is 69.2 Å². The van der Waals surface area contributed by atoms with Crippen molar-refractivity contribution >= 4 is 23.2 Å². The van der Waals surface area contributed by atoms with Gasteiger partial charge in [-0.1, -0.05) is 12.1 Å². The summed E-state index contributed by atoms with van der Waals surface area (Å²) >= 11 is 1.66. The Morgan fingerprint density at radius 2 is 1.49 bits per heavy atom. The van der Waals surface area contributed by atoms with Gasteiger partial charge in [-0.2, -0.15) is 0 Å². The Labute approximate surface area is 235 Å². The molecule has 8 nitrogen and oxygen atoms in total. The molecule has 0 aliphatic heterocycles. The number of hydrogen-bond acceptors (Lipinski definition) is 7. The molecule has 2 aromatic carbocycles. The van der Waals surface area contributed by atoms with Crippen molar-refractivity contribution in [3.05, 3.63) is 69.4 Å². The van der Waals surface area contributed by atoms with Crippen LogP contribution in [0.5, 0.6) is 23.0 Å². The van der Waals surface area contributed by atoms with Crippen molar-refractivity contribution < 1.29 is 28.5 Å². The SMILES string of the molecule is COc1ccc(CCN(Cc2ccc(C)s2)C(=O)CN(C(=O)c2c(OC)cccc2OC)C(C)C)cc1OC. The normalized spacial score (nSPS) is 10.8. The minimum absolute atomic E-state index is 0.0754. The molecule has 0 fully saturated rings. The van der Waals surface area contributed by atoms with E-state index in [4.69, 9.17) is 18.9 Å². The Hall–Kier alpha value is -3.72. The maximum Gasteiger partial charge on any atom is 0.262 e. The van der Waals surface area contributed by atoms with Crippen LogP contribution in [0.3, 0.4) is 0 Å². The molecule has 3 aromatic rings. The lowest BCUT2D eigenvalue weighted by atomic mass is 10.1. The third kappa shape index (κ3) is 7.44. The lowest BCUT2D eigenvalue weighted by Crippen LogP contribution is -2.46. The number of thiophene rings is 1. The Morgan fingerprint density at radius 3 is 2.03 bits per heavy atom. The molecule has 0 aliphatic carbocycles. The van der Waals surface area contributed by atoms with Crippen LogP contribution in [0.1, 0.15) is 39.5 Å². The van der Waals surface area contributed by atoms with Crippen molar-refractivity contribution in [2.75, 3.05) is 41.5 Å². The summed E-state index contributed by atoms with van der Waals surface area (Å²) in [6, 6.07) is 14.8. The Kier molecular flexibility index (Phi) is 10.6. The van der Waals surface area contributed by atoms with Crippen LogP contribution in [-0.2, 0) is 17.8 Å². The summed E-state index contributed by atoms with van der Waals surface area (Å²) in [6.45, 7) is 6.69. The molecule has 0 aliphatic rings. The first-order chi connectivity index (χ1) is 18.7. The fourth-order valence-electron chi connectivity index (χ4n) is 4.29. The van der Waals surface area contributed by atoms with E-state index in [1.165, 1.54) is 19.1 Å². The van der Waals surface area contributed by atoms with E-state index >= 15 is 0 Å². The minimum Gasteiger partial charge on any atom is -0.496 e. The smallest absolute Gasteiger partial charge is 0.262 e. The zero-order valence-corrected chi connectivity index (χ0v) is 24.6. The average molecular weight is 555 g/mol. The molecular formula is C30H38N2O6S. The molecule has 0 radical (unpaired) electrons. The van der Waals surface area contributed by atoms with Gasteiger partial charge in [-0.25, -0.2) is 0 Å². The van der Waals surface area contributed by atoms with Crippen molar-refractivity contribution in [1.82, 2.24) is 9.80 Å². The monoisotopic (exact) mass is 554 g/mol. The van der Waals surface area contributed by atoms with Gasteiger partial charge in [0.1, 0.15) is 23.6 Å². The lowest BCUT2D eigenvalue weighted by molar-refractivity contribution is -0.132. The molecule has 0 atom stereocenters. The topological polar surface area (TPSA) is 77.5 Å². The molecule has 0 bridgehead atoms. The quantitative estimate of drug-likeness (QED) is 0.289. The fourth-order valence-corrected chi connectivity index (χ4v) is 5.20. The first-order valence-electron chi connectivity index (χ1n) is 12.8.